The van der Waals surface area contributed by atoms with Gasteiger partial charge in [0.15, 0.2) is 5.96 Å². The van der Waals surface area contributed by atoms with Gasteiger partial charge in [0.2, 0.25) is 0 Å². The lowest BCUT2D eigenvalue weighted by molar-refractivity contribution is 0.137. The minimum absolute atomic E-state index is 0.241. The van der Waals surface area contributed by atoms with Crippen LogP contribution in [0.3, 0.4) is 0 Å². The number of aliphatic imine (C=N–C) groups is 1. The lowest BCUT2D eigenvalue weighted by Gasteiger charge is -2.41. The standard InChI is InChI=1S/C13H24N4/c1-10(2)8-17-12(14)15-9-13(17)5-7-16-6-3-4-11(13)16/h10-11H,3-9H2,1-2H3,(H2,14,15). The van der Waals surface area contributed by atoms with E-state index in [-0.39, 0.29) is 5.54 Å². The van der Waals surface area contributed by atoms with E-state index in [4.69, 9.17) is 5.73 Å². The minimum atomic E-state index is 0.241. The van der Waals surface area contributed by atoms with Gasteiger partial charge >= 0.3 is 0 Å². The van der Waals surface area contributed by atoms with E-state index in [9.17, 15) is 0 Å². The van der Waals surface area contributed by atoms with Crippen molar-refractivity contribution in [2.75, 3.05) is 26.2 Å². The summed E-state index contributed by atoms with van der Waals surface area (Å²) in [5.41, 5.74) is 6.36. The summed E-state index contributed by atoms with van der Waals surface area (Å²) in [5.74, 6) is 1.43. The molecule has 0 aromatic rings. The summed E-state index contributed by atoms with van der Waals surface area (Å²) in [6.45, 7) is 9.03. The number of hydrogen-bond donors (Lipinski definition) is 1. The van der Waals surface area contributed by atoms with Crippen LogP contribution in [0.25, 0.3) is 0 Å². The lowest BCUT2D eigenvalue weighted by Crippen LogP contribution is -2.58. The first kappa shape index (κ1) is 11.3. The largest absolute Gasteiger partial charge is 0.370 e. The van der Waals surface area contributed by atoms with Crippen LogP contribution < -0.4 is 5.73 Å². The molecule has 3 aliphatic heterocycles. The molecule has 0 aliphatic carbocycles. The van der Waals surface area contributed by atoms with Gasteiger partial charge in [-0.05, 0) is 31.7 Å². The van der Waals surface area contributed by atoms with E-state index in [1.807, 2.05) is 0 Å². The summed E-state index contributed by atoms with van der Waals surface area (Å²) in [7, 11) is 0. The van der Waals surface area contributed by atoms with Crippen LogP contribution >= 0.6 is 0 Å². The third kappa shape index (κ3) is 1.57. The van der Waals surface area contributed by atoms with Gasteiger partial charge < -0.3 is 10.6 Å². The van der Waals surface area contributed by atoms with Gasteiger partial charge in [0, 0.05) is 19.1 Å². The van der Waals surface area contributed by atoms with Crippen LogP contribution in [0.2, 0.25) is 0 Å². The quantitative estimate of drug-likeness (QED) is 0.774. The molecule has 2 unspecified atom stereocenters. The first-order valence-electron chi connectivity index (χ1n) is 6.95. The molecule has 2 atom stereocenters. The average Bonchev–Trinajstić information content (AvgIpc) is 2.91. The second-order valence-corrected chi connectivity index (χ2v) is 6.23. The van der Waals surface area contributed by atoms with Crippen LogP contribution in [0.4, 0.5) is 0 Å². The maximum absolute atomic E-state index is 6.12. The zero-order chi connectivity index (χ0) is 12.0. The highest BCUT2D eigenvalue weighted by Gasteiger charge is 2.55. The van der Waals surface area contributed by atoms with Crippen molar-refractivity contribution in [2.24, 2.45) is 16.6 Å². The van der Waals surface area contributed by atoms with Crippen molar-refractivity contribution in [2.45, 2.75) is 44.7 Å². The summed E-state index contributed by atoms with van der Waals surface area (Å²) in [6.07, 6.45) is 3.92. The van der Waals surface area contributed by atoms with Crippen molar-refractivity contribution < 1.29 is 0 Å². The van der Waals surface area contributed by atoms with Crippen molar-refractivity contribution in [3.8, 4) is 0 Å². The molecular weight excluding hydrogens is 212 g/mol. The van der Waals surface area contributed by atoms with Gasteiger partial charge in [0.25, 0.3) is 0 Å². The van der Waals surface area contributed by atoms with Gasteiger partial charge in [-0.15, -0.1) is 0 Å². The monoisotopic (exact) mass is 236 g/mol. The Hall–Kier alpha value is -0.770. The third-order valence-electron chi connectivity index (χ3n) is 4.69. The molecular formula is C13H24N4. The second-order valence-electron chi connectivity index (χ2n) is 6.23. The summed E-state index contributed by atoms with van der Waals surface area (Å²) < 4.78 is 0. The maximum Gasteiger partial charge on any atom is 0.191 e. The molecule has 2 saturated heterocycles. The van der Waals surface area contributed by atoms with Gasteiger partial charge in [-0.2, -0.15) is 0 Å². The first-order chi connectivity index (χ1) is 8.13. The molecule has 0 aromatic heterocycles. The van der Waals surface area contributed by atoms with Gasteiger partial charge in [0.05, 0.1) is 12.1 Å². The molecule has 3 aliphatic rings. The molecule has 96 valence electrons. The van der Waals surface area contributed by atoms with Gasteiger partial charge in [0.1, 0.15) is 0 Å². The van der Waals surface area contributed by atoms with E-state index in [0.717, 1.165) is 19.0 Å². The molecule has 0 saturated carbocycles. The van der Waals surface area contributed by atoms with Crippen molar-refractivity contribution in [1.82, 2.24) is 9.80 Å². The van der Waals surface area contributed by atoms with Crippen LogP contribution in [0.1, 0.15) is 33.1 Å². The van der Waals surface area contributed by atoms with Crippen molar-refractivity contribution in [3.63, 3.8) is 0 Å². The fourth-order valence-corrected chi connectivity index (χ4v) is 3.96. The van der Waals surface area contributed by atoms with Gasteiger partial charge in [-0.25, -0.2) is 0 Å². The van der Waals surface area contributed by atoms with Gasteiger partial charge in [-0.3, -0.25) is 9.89 Å². The van der Waals surface area contributed by atoms with Crippen LogP contribution in [-0.4, -0.2) is 53.5 Å². The molecule has 0 amide bonds. The first-order valence-corrected chi connectivity index (χ1v) is 6.95. The van der Waals surface area contributed by atoms with Crippen molar-refractivity contribution >= 4 is 5.96 Å². The Labute approximate surface area is 104 Å². The topological polar surface area (TPSA) is 44.9 Å². The highest BCUT2D eigenvalue weighted by Crippen LogP contribution is 2.42. The Morgan fingerprint density at radius 2 is 2.29 bits per heavy atom. The summed E-state index contributed by atoms with van der Waals surface area (Å²) in [6, 6.07) is 0.700. The number of fused-ring (bicyclic) bond motifs is 2. The molecule has 2 fully saturated rings. The number of guanidine groups is 1. The second kappa shape index (κ2) is 3.87. The number of rotatable bonds is 2. The Bertz CT molecular complexity index is 338. The normalized spacial score (nSPS) is 37.2. The fraction of sp³-hybridized carbons (Fsp3) is 0.923. The van der Waals surface area contributed by atoms with E-state index < -0.39 is 0 Å². The Kier molecular flexibility index (Phi) is 2.58. The maximum atomic E-state index is 6.12. The molecule has 3 rings (SSSR count). The molecule has 1 spiro atoms. The van der Waals surface area contributed by atoms with E-state index in [1.165, 1.54) is 32.4 Å². The van der Waals surface area contributed by atoms with Crippen LogP contribution in [0.15, 0.2) is 4.99 Å². The molecule has 0 bridgehead atoms. The zero-order valence-corrected chi connectivity index (χ0v) is 11.0. The van der Waals surface area contributed by atoms with Crippen molar-refractivity contribution in [1.29, 1.82) is 0 Å². The molecule has 3 heterocycles. The number of nitrogens with two attached hydrogens (primary N) is 1. The highest BCUT2D eigenvalue weighted by atomic mass is 15.4. The molecule has 0 aromatic carbocycles. The zero-order valence-electron chi connectivity index (χ0n) is 11.0. The molecule has 4 heteroatoms. The minimum Gasteiger partial charge on any atom is -0.370 e. The lowest BCUT2D eigenvalue weighted by atomic mass is 9.87. The predicted molar refractivity (Wildman–Crippen MR) is 70.0 cm³/mol. The van der Waals surface area contributed by atoms with Gasteiger partial charge in [-0.1, -0.05) is 13.8 Å². The number of hydrogen-bond acceptors (Lipinski definition) is 4. The third-order valence-corrected chi connectivity index (χ3v) is 4.69. The Morgan fingerprint density at radius 3 is 3.06 bits per heavy atom. The Balaban J connectivity index is 1.86. The number of nitrogens with zero attached hydrogens (tertiary/aromatic N) is 3. The smallest absolute Gasteiger partial charge is 0.191 e. The summed E-state index contributed by atoms with van der Waals surface area (Å²) in [5, 5.41) is 0. The SMILES string of the molecule is CC(C)CN1C(N)=NCC12CCN1CCCC12. The van der Waals surface area contributed by atoms with E-state index in [1.54, 1.807) is 0 Å². The molecule has 17 heavy (non-hydrogen) atoms. The predicted octanol–water partition coefficient (Wildman–Crippen LogP) is 0.880. The van der Waals surface area contributed by atoms with Crippen molar-refractivity contribution in [3.05, 3.63) is 0 Å². The highest BCUT2D eigenvalue weighted by molar-refractivity contribution is 5.81. The summed E-state index contributed by atoms with van der Waals surface area (Å²) in [4.78, 5) is 9.64. The fourth-order valence-electron chi connectivity index (χ4n) is 3.96. The Morgan fingerprint density at radius 1 is 1.47 bits per heavy atom. The van der Waals surface area contributed by atoms with E-state index in [0.29, 0.717) is 12.0 Å². The molecule has 4 nitrogen and oxygen atoms in total. The summed E-state index contributed by atoms with van der Waals surface area (Å²) >= 11 is 0. The van der Waals surface area contributed by atoms with Crippen LogP contribution in [0.5, 0.6) is 0 Å². The molecule has 2 N–H and O–H groups in total. The average molecular weight is 236 g/mol. The van der Waals surface area contributed by atoms with Crippen LogP contribution in [-0.2, 0) is 0 Å². The van der Waals surface area contributed by atoms with E-state index in [2.05, 4.69) is 28.6 Å². The molecule has 0 radical (unpaired) electrons. The van der Waals surface area contributed by atoms with Crippen LogP contribution in [0, 0.1) is 5.92 Å². The van der Waals surface area contributed by atoms with E-state index >= 15 is 0 Å².